The first-order chi connectivity index (χ1) is 10.6. The molecule has 2 aliphatic rings. The molecule has 0 radical (unpaired) electrons. The highest BCUT2D eigenvalue weighted by atomic mass is 35.5. The Bertz CT molecular complexity index is 720. The van der Waals surface area contributed by atoms with E-state index < -0.39 is 0 Å². The van der Waals surface area contributed by atoms with Gasteiger partial charge in [-0.3, -0.25) is 0 Å². The van der Waals surface area contributed by atoms with E-state index in [1.54, 1.807) is 0 Å². The normalized spacial score (nSPS) is 21.5. The van der Waals surface area contributed by atoms with Crippen molar-refractivity contribution in [2.45, 2.75) is 22.3 Å². The number of fused-ring (bicyclic) bond motifs is 2. The van der Waals surface area contributed by atoms with Gasteiger partial charge in [0.05, 0.1) is 11.4 Å². The van der Waals surface area contributed by atoms with Crippen LogP contribution in [0.1, 0.15) is 6.42 Å². The third kappa shape index (κ3) is 3.20. The van der Waals surface area contributed by atoms with Crippen LogP contribution in [0.3, 0.4) is 0 Å². The minimum absolute atomic E-state index is 0. The van der Waals surface area contributed by atoms with E-state index in [1.165, 1.54) is 27.6 Å². The Hall–Kier alpha value is -0.870. The van der Waals surface area contributed by atoms with Crippen LogP contribution in [0.2, 0.25) is 5.02 Å². The third-order valence-electron chi connectivity index (χ3n) is 4.34. The van der Waals surface area contributed by atoms with E-state index in [1.807, 2.05) is 17.8 Å². The van der Waals surface area contributed by atoms with Crippen molar-refractivity contribution in [3.63, 3.8) is 0 Å². The predicted octanol–water partition coefficient (Wildman–Crippen LogP) is 5.31. The van der Waals surface area contributed by atoms with Gasteiger partial charge in [0.2, 0.25) is 0 Å². The average molecular weight is 367 g/mol. The SMILES string of the molecule is CN(C)C[C@@H]1C[C@H]1N1c2ccccc2Sc2ccc(Cl)cc21.Cl. The highest BCUT2D eigenvalue weighted by molar-refractivity contribution is 7.99. The van der Waals surface area contributed by atoms with E-state index in [2.05, 4.69) is 60.3 Å². The van der Waals surface area contributed by atoms with Gasteiger partial charge in [-0.05, 0) is 56.8 Å². The van der Waals surface area contributed by atoms with Crippen molar-refractivity contribution in [1.29, 1.82) is 0 Å². The summed E-state index contributed by atoms with van der Waals surface area (Å²) in [5.74, 6) is 0.734. The Morgan fingerprint density at radius 1 is 1.13 bits per heavy atom. The largest absolute Gasteiger partial charge is 0.336 e. The van der Waals surface area contributed by atoms with Crippen molar-refractivity contribution in [2.24, 2.45) is 5.92 Å². The summed E-state index contributed by atoms with van der Waals surface area (Å²) in [6.07, 6.45) is 1.25. The van der Waals surface area contributed by atoms with Gasteiger partial charge in [0.1, 0.15) is 0 Å². The lowest BCUT2D eigenvalue weighted by Gasteiger charge is -2.33. The molecular formula is C18H20Cl2N2S. The van der Waals surface area contributed by atoms with Crippen LogP contribution in [0.25, 0.3) is 0 Å². The van der Waals surface area contributed by atoms with Crippen molar-refractivity contribution in [3.8, 4) is 0 Å². The Morgan fingerprint density at radius 2 is 1.87 bits per heavy atom. The summed E-state index contributed by atoms with van der Waals surface area (Å²) in [4.78, 5) is 7.45. The maximum Gasteiger partial charge on any atom is 0.0570 e. The molecule has 2 nitrogen and oxygen atoms in total. The first-order valence-corrected chi connectivity index (χ1v) is 8.83. The number of nitrogens with zero attached hydrogens (tertiary/aromatic N) is 2. The predicted molar refractivity (Wildman–Crippen MR) is 102 cm³/mol. The van der Waals surface area contributed by atoms with Crippen molar-refractivity contribution >= 4 is 47.1 Å². The Kier molecular flexibility index (Phi) is 4.84. The molecule has 2 aromatic carbocycles. The Morgan fingerprint density at radius 3 is 2.65 bits per heavy atom. The minimum Gasteiger partial charge on any atom is -0.336 e. The molecule has 4 rings (SSSR count). The smallest absolute Gasteiger partial charge is 0.0570 e. The van der Waals surface area contributed by atoms with E-state index in [0.717, 1.165) is 17.5 Å². The highest BCUT2D eigenvalue weighted by Gasteiger charge is 2.44. The van der Waals surface area contributed by atoms with Crippen LogP contribution in [-0.4, -0.2) is 31.6 Å². The summed E-state index contributed by atoms with van der Waals surface area (Å²) in [7, 11) is 4.31. The van der Waals surface area contributed by atoms with Crippen molar-refractivity contribution < 1.29 is 0 Å². The second-order valence-corrected chi connectivity index (χ2v) is 7.90. The molecule has 0 saturated heterocycles. The third-order valence-corrected chi connectivity index (χ3v) is 5.71. The molecule has 5 heteroatoms. The van der Waals surface area contributed by atoms with Gasteiger partial charge >= 0.3 is 0 Å². The zero-order chi connectivity index (χ0) is 15.3. The summed E-state index contributed by atoms with van der Waals surface area (Å²) < 4.78 is 0. The van der Waals surface area contributed by atoms with Crippen molar-refractivity contribution in [3.05, 3.63) is 47.5 Å². The van der Waals surface area contributed by atoms with Gasteiger partial charge in [-0.2, -0.15) is 0 Å². The summed E-state index contributed by atoms with van der Waals surface area (Å²) in [5.41, 5.74) is 2.59. The molecule has 0 aromatic heterocycles. The second kappa shape index (κ2) is 6.56. The molecule has 1 aliphatic heterocycles. The minimum atomic E-state index is 0. The fraction of sp³-hybridized carbons (Fsp3) is 0.333. The quantitative estimate of drug-likeness (QED) is 0.726. The lowest BCUT2D eigenvalue weighted by Crippen LogP contribution is -2.27. The zero-order valence-corrected chi connectivity index (χ0v) is 15.6. The fourth-order valence-electron chi connectivity index (χ4n) is 3.33. The molecule has 1 heterocycles. The lowest BCUT2D eigenvalue weighted by atomic mass is 10.2. The number of benzene rings is 2. The fourth-order valence-corrected chi connectivity index (χ4v) is 4.54. The molecule has 122 valence electrons. The second-order valence-electron chi connectivity index (χ2n) is 6.38. The topological polar surface area (TPSA) is 6.48 Å². The summed E-state index contributed by atoms with van der Waals surface area (Å²) in [6.45, 7) is 1.15. The Labute approximate surface area is 153 Å². The van der Waals surface area contributed by atoms with Gasteiger partial charge in [-0.15, -0.1) is 12.4 Å². The lowest BCUT2D eigenvalue weighted by molar-refractivity contribution is 0.385. The van der Waals surface area contributed by atoms with Crippen LogP contribution in [0.5, 0.6) is 0 Å². The number of anilines is 2. The van der Waals surface area contributed by atoms with Gasteiger partial charge in [-0.1, -0.05) is 35.5 Å². The molecule has 23 heavy (non-hydrogen) atoms. The van der Waals surface area contributed by atoms with E-state index in [-0.39, 0.29) is 12.4 Å². The van der Waals surface area contributed by atoms with Crippen LogP contribution in [0, 0.1) is 5.92 Å². The van der Waals surface area contributed by atoms with Gasteiger partial charge in [-0.25, -0.2) is 0 Å². The molecule has 0 N–H and O–H groups in total. The number of hydrogen-bond acceptors (Lipinski definition) is 3. The molecule has 0 spiro atoms. The molecule has 0 unspecified atom stereocenters. The molecule has 2 aromatic rings. The summed E-state index contributed by atoms with van der Waals surface area (Å²) >= 11 is 8.12. The maximum atomic E-state index is 6.27. The number of para-hydroxylation sites is 1. The van der Waals surface area contributed by atoms with Crippen molar-refractivity contribution in [2.75, 3.05) is 25.5 Å². The van der Waals surface area contributed by atoms with E-state index in [4.69, 9.17) is 11.6 Å². The van der Waals surface area contributed by atoms with Crippen molar-refractivity contribution in [1.82, 2.24) is 4.90 Å². The monoisotopic (exact) mass is 366 g/mol. The van der Waals surface area contributed by atoms with Crippen LogP contribution in [-0.2, 0) is 0 Å². The zero-order valence-electron chi connectivity index (χ0n) is 13.2. The summed E-state index contributed by atoms with van der Waals surface area (Å²) in [6, 6.07) is 15.5. The van der Waals surface area contributed by atoms with Crippen LogP contribution >= 0.6 is 35.8 Å². The van der Waals surface area contributed by atoms with Crippen LogP contribution in [0.4, 0.5) is 11.4 Å². The average Bonchev–Trinajstić information content (AvgIpc) is 3.22. The highest BCUT2D eigenvalue weighted by Crippen LogP contribution is 2.54. The van der Waals surface area contributed by atoms with Gasteiger partial charge in [0.15, 0.2) is 0 Å². The standard InChI is InChI=1S/C18H19ClN2S.ClH/c1-20(2)11-12-9-15(12)21-14-5-3-4-6-17(14)22-18-8-7-13(19)10-16(18)21;/h3-8,10,12,15H,9,11H2,1-2H3;1H/t12-,15+;/m0./s1. The van der Waals surface area contributed by atoms with E-state index >= 15 is 0 Å². The Balaban J connectivity index is 0.00000156. The molecular weight excluding hydrogens is 347 g/mol. The van der Waals surface area contributed by atoms with Gasteiger partial charge in [0, 0.05) is 27.4 Å². The summed E-state index contributed by atoms with van der Waals surface area (Å²) in [5, 5.41) is 0.813. The number of rotatable bonds is 3. The molecule has 1 aliphatic carbocycles. The van der Waals surface area contributed by atoms with Crippen LogP contribution in [0.15, 0.2) is 52.3 Å². The van der Waals surface area contributed by atoms with Crippen LogP contribution < -0.4 is 4.90 Å². The molecule has 1 saturated carbocycles. The number of halogens is 2. The molecule has 1 fully saturated rings. The molecule has 2 atom stereocenters. The van der Waals surface area contributed by atoms with E-state index in [0.29, 0.717) is 6.04 Å². The molecule has 0 amide bonds. The maximum absolute atomic E-state index is 6.27. The molecule has 0 bridgehead atoms. The first kappa shape index (κ1) is 17.0. The first-order valence-electron chi connectivity index (χ1n) is 7.64. The number of hydrogen-bond donors (Lipinski definition) is 0. The van der Waals surface area contributed by atoms with E-state index in [9.17, 15) is 0 Å². The van der Waals surface area contributed by atoms with Gasteiger partial charge < -0.3 is 9.80 Å². The van der Waals surface area contributed by atoms with Gasteiger partial charge in [0.25, 0.3) is 0 Å².